The summed E-state index contributed by atoms with van der Waals surface area (Å²) in [6.07, 6.45) is 1.41. The van der Waals surface area contributed by atoms with E-state index in [1.807, 2.05) is 11.6 Å². The number of amides is 1. The third kappa shape index (κ3) is 5.37. The molecule has 1 aliphatic heterocycles. The summed E-state index contributed by atoms with van der Waals surface area (Å²) in [4.78, 5) is 33.1. The first-order valence-corrected chi connectivity index (χ1v) is 14.3. The number of sulfone groups is 1. The van der Waals surface area contributed by atoms with Crippen molar-refractivity contribution in [1.82, 2.24) is 9.47 Å². The third-order valence-electron chi connectivity index (χ3n) is 6.52. The fourth-order valence-corrected chi connectivity index (χ4v) is 7.37. The molecule has 0 aliphatic carbocycles. The summed E-state index contributed by atoms with van der Waals surface area (Å²) in [6, 6.07) is 10.2. The molecule has 1 aliphatic rings. The predicted octanol–water partition coefficient (Wildman–Crippen LogP) is 4.20. The first kappa shape index (κ1) is 25.6. The van der Waals surface area contributed by atoms with Crippen molar-refractivity contribution in [3.05, 3.63) is 56.8 Å². The summed E-state index contributed by atoms with van der Waals surface area (Å²) in [5.41, 5.74) is 0.684. The lowest BCUT2D eigenvalue weighted by Crippen LogP contribution is -2.38. The van der Waals surface area contributed by atoms with Gasteiger partial charge < -0.3 is 9.47 Å². The molecule has 186 valence electrons. The monoisotopic (exact) mass is 533 g/mol. The van der Waals surface area contributed by atoms with E-state index in [9.17, 15) is 18.0 Å². The highest BCUT2D eigenvalue weighted by molar-refractivity contribution is 7.91. The van der Waals surface area contributed by atoms with Crippen LogP contribution in [0.3, 0.4) is 0 Å². The number of carbonyl (C=O) groups is 2. The van der Waals surface area contributed by atoms with Crippen LogP contribution in [0.4, 0.5) is 0 Å². The number of nitrogens with zero attached hydrogens (tertiary/aromatic N) is 3. The zero-order chi connectivity index (χ0) is 25.3. The van der Waals surface area contributed by atoms with Crippen LogP contribution in [-0.4, -0.2) is 55.5 Å². The third-order valence-corrected chi connectivity index (χ3v) is 9.85. The normalized spacial score (nSPS) is 15.7. The smallest absolute Gasteiger partial charge is 0.223 e. The minimum absolute atomic E-state index is 0.00847. The molecule has 1 fully saturated rings. The Morgan fingerprint density at radius 3 is 2.43 bits per heavy atom. The molecular weight excluding hydrogens is 506 g/mol. The maximum Gasteiger partial charge on any atom is 0.223 e. The van der Waals surface area contributed by atoms with Crippen LogP contribution in [-0.2, 0) is 21.7 Å². The average Bonchev–Trinajstić information content (AvgIpc) is 3.18. The zero-order valence-electron chi connectivity index (χ0n) is 20.0. The van der Waals surface area contributed by atoms with Crippen molar-refractivity contribution in [3.63, 3.8) is 0 Å². The molecule has 0 unspecified atom stereocenters. The summed E-state index contributed by atoms with van der Waals surface area (Å²) in [5.74, 6) is -0.206. The van der Waals surface area contributed by atoms with Crippen LogP contribution < -0.4 is 4.80 Å². The van der Waals surface area contributed by atoms with Gasteiger partial charge in [0, 0.05) is 50.4 Å². The number of benzene rings is 2. The van der Waals surface area contributed by atoms with E-state index >= 15 is 0 Å². The van der Waals surface area contributed by atoms with Gasteiger partial charge in [0.25, 0.3) is 0 Å². The average molecular weight is 534 g/mol. The highest BCUT2D eigenvalue weighted by Gasteiger charge is 2.29. The van der Waals surface area contributed by atoms with Gasteiger partial charge >= 0.3 is 0 Å². The second kappa shape index (κ2) is 10.2. The molecule has 3 aromatic rings. The fraction of sp³-hybridized carbons (Fsp3) is 0.400. The molecule has 1 aromatic heterocycles. The number of Topliss-reactive ketones (excluding diaryl/α,β-unsaturated/α-hetero) is 1. The second-order valence-electron chi connectivity index (χ2n) is 8.81. The molecule has 10 heteroatoms. The van der Waals surface area contributed by atoms with Gasteiger partial charge in [-0.25, -0.2) is 8.42 Å². The van der Waals surface area contributed by atoms with Crippen LogP contribution in [0.2, 0.25) is 5.02 Å². The Bertz CT molecular complexity index is 1470. The summed E-state index contributed by atoms with van der Waals surface area (Å²) in [7, 11) is -0.0382. The van der Waals surface area contributed by atoms with E-state index in [1.54, 1.807) is 55.3 Å². The summed E-state index contributed by atoms with van der Waals surface area (Å²) >= 11 is 7.54. The van der Waals surface area contributed by atoms with Crippen LogP contribution in [0.25, 0.3) is 10.8 Å². The lowest BCUT2D eigenvalue weighted by atomic mass is 9.93. The Balaban J connectivity index is 1.39. The van der Waals surface area contributed by atoms with Crippen molar-refractivity contribution in [3.8, 4) is 0 Å². The van der Waals surface area contributed by atoms with Crippen molar-refractivity contribution in [2.45, 2.75) is 37.0 Å². The maximum absolute atomic E-state index is 12.9. The van der Waals surface area contributed by atoms with Gasteiger partial charge in [0.05, 0.1) is 16.3 Å². The Morgan fingerprint density at radius 2 is 1.77 bits per heavy atom. The number of halogens is 1. The molecule has 0 N–H and O–H groups in total. The molecule has 0 saturated carbocycles. The second-order valence-corrected chi connectivity index (χ2v) is 12.4. The number of carbonyl (C=O) groups excluding carboxylic acids is 2. The van der Waals surface area contributed by atoms with E-state index in [4.69, 9.17) is 11.6 Å². The van der Waals surface area contributed by atoms with Crippen molar-refractivity contribution in [1.29, 1.82) is 0 Å². The van der Waals surface area contributed by atoms with E-state index in [2.05, 4.69) is 4.99 Å². The molecule has 1 amide bonds. The molecular formula is C25H28ClN3O4S2. The van der Waals surface area contributed by atoms with Gasteiger partial charge in [-0.2, -0.15) is 0 Å². The van der Waals surface area contributed by atoms with Gasteiger partial charge in [0.2, 0.25) is 5.91 Å². The number of thiazole rings is 1. The SMILES string of the molecule is C/N=c1\sc(C2CCN(C(=O)CCS(=O)(=O)c3ccc4cc(Cl)ccc4c3)CC2)c(C(C)=O)n1C. The van der Waals surface area contributed by atoms with Crippen LogP contribution >= 0.6 is 22.9 Å². The molecule has 0 radical (unpaired) electrons. The number of rotatable bonds is 6. The minimum atomic E-state index is -3.60. The van der Waals surface area contributed by atoms with Crippen molar-refractivity contribution in [2.24, 2.45) is 12.0 Å². The highest BCUT2D eigenvalue weighted by atomic mass is 35.5. The standard InChI is InChI=1S/C25H28ClN3O4S2/c1-16(30)23-24(34-25(27-2)28(23)3)17-8-11-29(12-9-17)22(31)10-13-35(32,33)21-7-5-18-14-20(26)6-4-19(18)15-21/h4-7,14-15,17H,8-13H2,1-3H3/b27-25-. The molecule has 0 spiro atoms. The van der Waals surface area contributed by atoms with Crippen molar-refractivity contribution in [2.75, 3.05) is 25.9 Å². The Morgan fingerprint density at radius 1 is 1.11 bits per heavy atom. The van der Waals surface area contributed by atoms with Gasteiger partial charge in [-0.15, -0.1) is 11.3 Å². The van der Waals surface area contributed by atoms with E-state index in [0.29, 0.717) is 23.8 Å². The van der Waals surface area contributed by atoms with E-state index in [-0.39, 0.29) is 34.7 Å². The number of likely N-dealkylation sites (tertiary alicyclic amines) is 1. The van der Waals surface area contributed by atoms with Crippen molar-refractivity contribution >= 4 is 55.2 Å². The summed E-state index contributed by atoms with van der Waals surface area (Å²) in [6.45, 7) is 2.64. The molecule has 0 atom stereocenters. The number of fused-ring (bicyclic) bond motifs is 1. The first-order chi connectivity index (χ1) is 16.6. The molecule has 0 bridgehead atoms. The first-order valence-electron chi connectivity index (χ1n) is 11.4. The maximum atomic E-state index is 12.9. The molecule has 2 heterocycles. The summed E-state index contributed by atoms with van der Waals surface area (Å²) in [5, 5.41) is 2.24. The topological polar surface area (TPSA) is 88.8 Å². The number of hydrogen-bond acceptors (Lipinski definition) is 6. The van der Waals surface area contributed by atoms with Crippen molar-refractivity contribution < 1.29 is 18.0 Å². The largest absolute Gasteiger partial charge is 0.343 e. The fourth-order valence-electron chi connectivity index (χ4n) is 4.63. The molecule has 4 rings (SSSR count). The molecule has 7 nitrogen and oxygen atoms in total. The van der Waals surface area contributed by atoms with Gasteiger partial charge in [0.1, 0.15) is 0 Å². The Kier molecular flexibility index (Phi) is 7.49. The summed E-state index contributed by atoms with van der Waals surface area (Å²) < 4.78 is 27.6. The molecule has 1 saturated heterocycles. The molecule has 2 aromatic carbocycles. The number of ketones is 1. The quantitative estimate of drug-likeness (QED) is 0.444. The predicted molar refractivity (Wildman–Crippen MR) is 139 cm³/mol. The lowest BCUT2D eigenvalue weighted by molar-refractivity contribution is -0.131. The van der Waals surface area contributed by atoms with Gasteiger partial charge in [-0.1, -0.05) is 23.7 Å². The van der Waals surface area contributed by atoms with Crippen LogP contribution in [0.15, 0.2) is 46.3 Å². The van der Waals surface area contributed by atoms with E-state index < -0.39 is 9.84 Å². The number of hydrogen-bond donors (Lipinski definition) is 0. The Labute approximate surface area is 214 Å². The van der Waals surface area contributed by atoms with Gasteiger partial charge in [0.15, 0.2) is 20.4 Å². The minimum Gasteiger partial charge on any atom is -0.343 e. The van der Waals surface area contributed by atoms with Gasteiger partial charge in [-0.3, -0.25) is 14.6 Å². The lowest BCUT2D eigenvalue weighted by Gasteiger charge is -2.32. The van der Waals surface area contributed by atoms with Crippen LogP contribution in [0.5, 0.6) is 0 Å². The number of piperidine rings is 1. The van der Waals surface area contributed by atoms with Crippen LogP contribution in [0, 0.1) is 0 Å². The Hall–Kier alpha value is -2.49. The van der Waals surface area contributed by atoms with E-state index in [1.165, 1.54) is 11.3 Å². The van der Waals surface area contributed by atoms with Gasteiger partial charge in [-0.05, 0) is 53.8 Å². The molecule has 35 heavy (non-hydrogen) atoms. The van der Waals surface area contributed by atoms with E-state index in [0.717, 1.165) is 33.3 Å². The highest BCUT2D eigenvalue weighted by Crippen LogP contribution is 2.33. The van der Waals surface area contributed by atoms with Crippen LogP contribution in [0.1, 0.15) is 47.5 Å². The zero-order valence-corrected chi connectivity index (χ0v) is 22.3. The number of aromatic nitrogens is 1.